The Balaban J connectivity index is 1.64. The number of benzene rings is 2. The number of rotatable bonds is 21. The van der Waals surface area contributed by atoms with Crippen LogP contribution in [0.1, 0.15) is 103 Å². The summed E-state index contributed by atoms with van der Waals surface area (Å²) in [5.41, 5.74) is 3.10. The van der Waals surface area contributed by atoms with Gasteiger partial charge in [0.1, 0.15) is 6.04 Å². The van der Waals surface area contributed by atoms with Gasteiger partial charge in [-0.05, 0) is 49.3 Å². The minimum absolute atomic E-state index is 0.0940. The number of amides is 2. The van der Waals surface area contributed by atoms with Crippen LogP contribution < -0.4 is 10.6 Å². The molecule has 40 heavy (non-hydrogen) atoms. The molecular formula is C34H50N2O4. The molecule has 2 aromatic rings. The van der Waals surface area contributed by atoms with E-state index in [9.17, 15) is 14.4 Å². The van der Waals surface area contributed by atoms with E-state index in [0.29, 0.717) is 25.8 Å². The quantitative estimate of drug-likeness (QED) is 0.128. The SMILES string of the molecule is CCCCCCCCCCCC(=O)NCCCC[C@H](NC(=O)Cc1ccc(-c2ccccc2)cc1)C(=O)OCC. The van der Waals surface area contributed by atoms with Gasteiger partial charge in [-0.1, -0.05) is 113 Å². The molecule has 220 valence electrons. The molecule has 2 aromatic carbocycles. The van der Waals surface area contributed by atoms with Crippen LogP contribution in [-0.4, -0.2) is 37.0 Å². The number of nitrogens with one attached hydrogen (secondary N) is 2. The van der Waals surface area contributed by atoms with Crippen molar-refractivity contribution < 1.29 is 19.1 Å². The minimum Gasteiger partial charge on any atom is -0.464 e. The molecule has 0 saturated carbocycles. The Labute approximate surface area is 241 Å². The highest BCUT2D eigenvalue weighted by molar-refractivity contribution is 5.85. The van der Waals surface area contributed by atoms with Gasteiger partial charge in [0.05, 0.1) is 13.0 Å². The largest absolute Gasteiger partial charge is 0.464 e. The fraction of sp³-hybridized carbons (Fsp3) is 0.559. The number of hydrogen-bond acceptors (Lipinski definition) is 4. The first-order valence-corrected chi connectivity index (χ1v) is 15.4. The number of esters is 1. The third-order valence-corrected chi connectivity index (χ3v) is 7.08. The summed E-state index contributed by atoms with van der Waals surface area (Å²) in [4.78, 5) is 37.3. The summed E-state index contributed by atoms with van der Waals surface area (Å²) in [6, 6.07) is 17.3. The Morgan fingerprint density at radius 1 is 0.700 bits per heavy atom. The summed E-state index contributed by atoms with van der Waals surface area (Å²) in [6.07, 6.45) is 13.8. The fourth-order valence-electron chi connectivity index (χ4n) is 4.75. The predicted octanol–water partition coefficient (Wildman–Crippen LogP) is 7.15. The van der Waals surface area contributed by atoms with Crippen molar-refractivity contribution in [3.63, 3.8) is 0 Å². The fourth-order valence-corrected chi connectivity index (χ4v) is 4.75. The van der Waals surface area contributed by atoms with Gasteiger partial charge in [0.15, 0.2) is 0 Å². The van der Waals surface area contributed by atoms with Crippen molar-refractivity contribution in [1.82, 2.24) is 10.6 Å². The van der Waals surface area contributed by atoms with Gasteiger partial charge in [-0.15, -0.1) is 0 Å². The molecule has 0 unspecified atom stereocenters. The molecule has 0 fully saturated rings. The second-order valence-electron chi connectivity index (χ2n) is 10.5. The maximum absolute atomic E-state index is 12.7. The van der Waals surface area contributed by atoms with Crippen LogP contribution in [0.2, 0.25) is 0 Å². The molecule has 0 aromatic heterocycles. The van der Waals surface area contributed by atoms with Gasteiger partial charge in [0.25, 0.3) is 0 Å². The van der Waals surface area contributed by atoms with E-state index in [2.05, 4.69) is 29.7 Å². The van der Waals surface area contributed by atoms with E-state index in [-0.39, 0.29) is 24.8 Å². The van der Waals surface area contributed by atoms with Crippen LogP contribution in [0.3, 0.4) is 0 Å². The Bertz CT molecular complexity index is 975. The van der Waals surface area contributed by atoms with E-state index >= 15 is 0 Å². The Kier molecular flexibility index (Phi) is 17.1. The number of carbonyl (C=O) groups is 3. The van der Waals surface area contributed by atoms with Crippen LogP contribution in [-0.2, 0) is 25.5 Å². The van der Waals surface area contributed by atoms with Gasteiger partial charge < -0.3 is 15.4 Å². The first-order valence-electron chi connectivity index (χ1n) is 15.4. The lowest BCUT2D eigenvalue weighted by molar-refractivity contribution is -0.147. The molecule has 0 aliphatic carbocycles. The van der Waals surface area contributed by atoms with Crippen LogP contribution in [0, 0.1) is 0 Å². The summed E-state index contributed by atoms with van der Waals surface area (Å²) in [7, 11) is 0. The lowest BCUT2D eigenvalue weighted by Crippen LogP contribution is -2.42. The molecule has 0 aliphatic rings. The average Bonchev–Trinajstić information content (AvgIpc) is 2.96. The van der Waals surface area contributed by atoms with E-state index in [1.54, 1.807) is 6.92 Å². The highest BCUT2D eigenvalue weighted by Gasteiger charge is 2.21. The van der Waals surface area contributed by atoms with E-state index in [1.165, 1.54) is 44.9 Å². The van der Waals surface area contributed by atoms with Crippen LogP contribution in [0.15, 0.2) is 54.6 Å². The number of unbranched alkanes of at least 4 members (excludes halogenated alkanes) is 9. The van der Waals surface area contributed by atoms with Crippen molar-refractivity contribution in [2.24, 2.45) is 0 Å². The van der Waals surface area contributed by atoms with Gasteiger partial charge in [-0.3, -0.25) is 9.59 Å². The van der Waals surface area contributed by atoms with Gasteiger partial charge in [-0.25, -0.2) is 4.79 Å². The van der Waals surface area contributed by atoms with E-state index in [1.807, 2.05) is 42.5 Å². The molecule has 2 rings (SSSR count). The van der Waals surface area contributed by atoms with Gasteiger partial charge >= 0.3 is 5.97 Å². The molecule has 6 heteroatoms. The molecule has 2 N–H and O–H groups in total. The highest BCUT2D eigenvalue weighted by atomic mass is 16.5. The molecular weight excluding hydrogens is 500 g/mol. The van der Waals surface area contributed by atoms with Gasteiger partial charge in [0, 0.05) is 13.0 Å². The molecule has 0 spiro atoms. The Morgan fingerprint density at radius 3 is 1.98 bits per heavy atom. The van der Waals surface area contributed by atoms with E-state index < -0.39 is 12.0 Å². The smallest absolute Gasteiger partial charge is 0.328 e. The van der Waals surface area contributed by atoms with Crippen molar-refractivity contribution >= 4 is 17.8 Å². The molecule has 6 nitrogen and oxygen atoms in total. The normalized spacial score (nSPS) is 11.6. The highest BCUT2D eigenvalue weighted by Crippen LogP contribution is 2.19. The van der Waals surface area contributed by atoms with Gasteiger partial charge in [-0.2, -0.15) is 0 Å². The third kappa shape index (κ3) is 14.3. The molecule has 0 radical (unpaired) electrons. The van der Waals surface area contributed by atoms with Crippen molar-refractivity contribution in [3.8, 4) is 11.1 Å². The zero-order valence-electron chi connectivity index (χ0n) is 24.7. The summed E-state index contributed by atoms with van der Waals surface area (Å²) in [6.45, 7) is 4.84. The lowest BCUT2D eigenvalue weighted by atomic mass is 10.0. The monoisotopic (exact) mass is 550 g/mol. The standard InChI is InChI=1S/C34H50N2O4/c1-3-5-6-7-8-9-10-11-15-21-32(37)35-26-17-16-20-31(34(39)40-4-2)36-33(38)27-28-22-24-30(25-23-28)29-18-13-12-14-19-29/h12-14,18-19,22-25,31H,3-11,15-17,20-21,26-27H2,1-2H3,(H,35,37)(H,36,38)/t31-/m0/s1. The zero-order chi connectivity index (χ0) is 28.8. The summed E-state index contributed by atoms with van der Waals surface area (Å²) < 4.78 is 5.19. The zero-order valence-corrected chi connectivity index (χ0v) is 24.7. The van der Waals surface area contributed by atoms with Crippen LogP contribution in [0.5, 0.6) is 0 Å². The van der Waals surface area contributed by atoms with Crippen LogP contribution >= 0.6 is 0 Å². The molecule has 1 atom stereocenters. The van der Waals surface area contributed by atoms with E-state index in [0.717, 1.165) is 36.0 Å². The molecule has 0 bridgehead atoms. The summed E-state index contributed by atoms with van der Waals surface area (Å²) >= 11 is 0. The van der Waals surface area contributed by atoms with Crippen molar-refractivity contribution in [3.05, 3.63) is 60.2 Å². The number of hydrogen-bond donors (Lipinski definition) is 2. The maximum atomic E-state index is 12.7. The van der Waals surface area contributed by atoms with Gasteiger partial charge in [0.2, 0.25) is 11.8 Å². The van der Waals surface area contributed by atoms with Crippen molar-refractivity contribution in [2.45, 2.75) is 110 Å². The second kappa shape index (κ2) is 20.7. The molecule has 0 heterocycles. The Hall–Kier alpha value is -3.15. The van der Waals surface area contributed by atoms with Crippen LogP contribution in [0.25, 0.3) is 11.1 Å². The maximum Gasteiger partial charge on any atom is 0.328 e. The summed E-state index contributed by atoms with van der Waals surface area (Å²) in [5, 5.41) is 5.84. The lowest BCUT2D eigenvalue weighted by Gasteiger charge is -2.17. The topological polar surface area (TPSA) is 84.5 Å². The molecule has 0 saturated heterocycles. The molecule has 2 amide bonds. The number of ether oxygens (including phenoxy) is 1. The van der Waals surface area contributed by atoms with E-state index in [4.69, 9.17) is 4.74 Å². The first kappa shape index (κ1) is 33.1. The van der Waals surface area contributed by atoms with Crippen LogP contribution in [0.4, 0.5) is 0 Å². The first-order chi connectivity index (χ1) is 19.5. The number of carbonyl (C=O) groups excluding carboxylic acids is 3. The second-order valence-corrected chi connectivity index (χ2v) is 10.5. The van der Waals surface area contributed by atoms with Crippen molar-refractivity contribution in [1.29, 1.82) is 0 Å². The summed E-state index contributed by atoms with van der Waals surface area (Å²) in [5.74, 6) is -0.527. The third-order valence-electron chi connectivity index (χ3n) is 7.08. The predicted molar refractivity (Wildman–Crippen MR) is 163 cm³/mol. The average molecular weight is 551 g/mol. The van der Waals surface area contributed by atoms with Crippen molar-refractivity contribution in [2.75, 3.05) is 13.2 Å². The molecule has 0 aliphatic heterocycles. The minimum atomic E-state index is -0.686. The Morgan fingerprint density at radius 2 is 1.32 bits per heavy atom.